The van der Waals surface area contributed by atoms with Gasteiger partial charge in [0.25, 0.3) is 0 Å². The summed E-state index contributed by atoms with van der Waals surface area (Å²) in [4.78, 5) is 6.74. The van der Waals surface area contributed by atoms with E-state index in [0.717, 1.165) is 13.1 Å². The lowest BCUT2D eigenvalue weighted by Crippen LogP contribution is -2.24. The van der Waals surface area contributed by atoms with Crippen LogP contribution in [0.1, 0.15) is 27.7 Å². The second-order valence-corrected chi connectivity index (χ2v) is 4.37. The van der Waals surface area contributed by atoms with Crippen molar-refractivity contribution in [1.29, 1.82) is 0 Å². The number of allylic oxidation sites excluding steroid dienone is 3. The molecule has 0 amide bonds. The molecular weight excluding hydrogens is 184 g/mol. The van der Waals surface area contributed by atoms with E-state index in [1.807, 2.05) is 0 Å². The molecule has 0 saturated carbocycles. The first kappa shape index (κ1) is 12.0. The molecule has 0 unspecified atom stereocenters. The van der Waals surface area contributed by atoms with Gasteiger partial charge in [-0.1, -0.05) is 19.9 Å². The van der Waals surface area contributed by atoms with E-state index < -0.39 is 0 Å². The summed E-state index contributed by atoms with van der Waals surface area (Å²) in [7, 11) is 2.14. The molecule has 0 atom stereocenters. The van der Waals surface area contributed by atoms with E-state index in [4.69, 9.17) is 0 Å². The lowest BCUT2D eigenvalue weighted by Gasteiger charge is -2.26. The van der Waals surface area contributed by atoms with Crippen molar-refractivity contribution in [2.75, 3.05) is 20.1 Å². The third kappa shape index (κ3) is 2.71. The van der Waals surface area contributed by atoms with Crippen molar-refractivity contribution in [3.63, 3.8) is 0 Å². The van der Waals surface area contributed by atoms with Gasteiger partial charge in [0.1, 0.15) is 0 Å². The lowest BCUT2D eigenvalue weighted by molar-refractivity contribution is 0.432. The van der Waals surface area contributed by atoms with Gasteiger partial charge >= 0.3 is 0 Å². The van der Waals surface area contributed by atoms with Crippen LogP contribution in [0.4, 0.5) is 0 Å². The molecule has 1 aliphatic heterocycles. The predicted molar refractivity (Wildman–Crippen MR) is 67.3 cm³/mol. The molecule has 2 heteroatoms. The maximum absolute atomic E-state index is 4.45. The quantitative estimate of drug-likeness (QED) is 0.644. The Balaban J connectivity index is 3.18. The van der Waals surface area contributed by atoms with Crippen LogP contribution in [0, 0.1) is 5.92 Å². The highest BCUT2D eigenvalue weighted by Gasteiger charge is 2.13. The largest absolute Gasteiger partial charge is 0.373 e. The monoisotopic (exact) mass is 206 g/mol. The zero-order chi connectivity index (χ0) is 11.4. The van der Waals surface area contributed by atoms with Gasteiger partial charge in [-0.2, -0.15) is 0 Å². The van der Waals surface area contributed by atoms with Gasteiger partial charge in [-0.25, -0.2) is 0 Å². The van der Waals surface area contributed by atoms with Crippen LogP contribution in [0.25, 0.3) is 0 Å². The van der Waals surface area contributed by atoms with E-state index in [0.29, 0.717) is 5.92 Å². The summed E-state index contributed by atoms with van der Waals surface area (Å²) in [6.45, 7) is 10.6. The van der Waals surface area contributed by atoms with Crippen LogP contribution in [-0.4, -0.2) is 31.3 Å². The zero-order valence-corrected chi connectivity index (χ0v) is 10.5. The van der Waals surface area contributed by atoms with Crippen molar-refractivity contribution >= 4 is 6.21 Å². The molecule has 0 bridgehead atoms. The standard InChI is InChI=1S/C13H22N2/c1-6-13-11(4)12(10(2)3)9-14-7-8-15(13)5/h6,9-10H,7-8H2,1-5H3/b12-11+,13-6-,14-9?. The second-order valence-electron chi connectivity index (χ2n) is 4.37. The van der Waals surface area contributed by atoms with E-state index in [2.05, 4.69) is 56.9 Å². The number of aliphatic imine (C=N–C) groups is 1. The Morgan fingerprint density at radius 1 is 1.47 bits per heavy atom. The molecule has 0 radical (unpaired) electrons. The first-order chi connectivity index (χ1) is 7.07. The molecule has 2 nitrogen and oxygen atoms in total. The van der Waals surface area contributed by atoms with E-state index in [1.54, 1.807) is 0 Å². The summed E-state index contributed by atoms with van der Waals surface area (Å²) in [6, 6.07) is 0. The molecule has 0 aromatic rings. The molecule has 0 N–H and O–H groups in total. The van der Waals surface area contributed by atoms with Gasteiger partial charge in [-0.3, -0.25) is 4.99 Å². The fraction of sp³-hybridized carbons (Fsp3) is 0.615. The summed E-state index contributed by atoms with van der Waals surface area (Å²) < 4.78 is 0. The van der Waals surface area contributed by atoms with Crippen molar-refractivity contribution in [3.8, 4) is 0 Å². The van der Waals surface area contributed by atoms with Gasteiger partial charge in [-0.05, 0) is 30.9 Å². The Bertz CT molecular complexity index is 308. The van der Waals surface area contributed by atoms with E-state index in [1.165, 1.54) is 16.8 Å². The highest BCUT2D eigenvalue weighted by molar-refractivity contribution is 5.81. The fourth-order valence-electron chi connectivity index (χ4n) is 2.04. The number of nitrogens with zero attached hydrogens (tertiary/aromatic N) is 2. The molecule has 1 aliphatic rings. The Morgan fingerprint density at radius 3 is 2.67 bits per heavy atom. The van der Waals surface area contributed by atoms with Crippen LogP contribution in [0.3, 0.4) is 0 Å². The topological polar surface area (TPSA) is 15.6 Å². The molecule has 0 aromatic heterocycles. The smallest absolute Gasteiger partial charge is 0.0564 e. The third-order valence-electron chi connectivity index (χ3n) is 2.92. The van der Waals surface area contributed by atoms with Crippen LogP contribution in [0.2, 0.25) is 0 Å². The maximum atomic E-state index is 4.45. The second kappa shape index (κ2) is 5.15. The fourth-order valence-corrected chi connectivity index (χ4v) is 2.04. The summed E-state index contributed by atoms with van der Waals surface area (Å²) >= 11 is 0. The minimum atomic E-state index is 0.537. The number of hydrogen-bond donors (Lipinski definition) is 0. The van der Waals surface area contributed by atoms with Crippen molar-refractivity contribution in [2.24, 2.45) is 10.9 Å². The van der Waals surface area contributed by atoms with Gasteiger partial charge in [0.15, 0.2) is 0 Å². The first-order valence-corrected chi connectivity index (χ1v) is 5.66. The molecule has 84 valence electrons. The Hall–Kier alpha value is -1.05. The van der Waals surface area contributed by atoms with Gasteiger partial charge in [-0.15, -0.1) is 0 Å². The summed E-state index contributed by atoms with van der Waals surface area (Å²) in [5.41, 5.74) is 4.05. The minimum absolute atomic E-state index is 0.537. The molecule has 0 aliphatic carbocycles. The van der Waals surface area contributed by atoms with E-state index >= 15 is 0 Å². The minimum Gasteiger partial charge on any atom is -0.373 e. The zero-order valence-electron chi connectivity index (χ0n) is 10.5. The third-order valence-corrected chi connectivity index (χ3v) is 2.92. The van der Waals surface area contributed by atoms with Crippen LogP contribution in [0.5, 0.6) is 0 Å². The Labute approximate surface area is 93.4 Å². The normalized spacial score (nSPS) is 26.0. The van der Waals surface area contributed by atoms with Crippen molar-refractivity contribution in [1.82, 2.24) is 4.90 Å². The van der Waals surface area contributed by atoms with Crippen molar-refractivity contribution in [2.45, 2.75) is 27.7 Å². The molecule has 15 heavy (non-hydrogen) atoms. The molecule has 0 saturated heterocycles. The molecule has 1 rings (SSSR count). The van der Waals surface area contributed by atoms with Gasteiger partial charge in [0.2, 0.25) is 0 Å². The molecule has 0 spiro atoms. The summed E-state index contributed by atoms with van der Waals surface area (Å²) in [5.74, 6) is 0.537. The molecule has 1 heterocycles. The Kier molecular flexibility index (Phi) is 4.13. The van der Waals surface area contributed by atoms with E-state index in [9.17, 15) is 0 Å². The average molecular weight is 206 g/mol. The molecular formula is C13H22N2. The van der Waals surface area contributed by atoms with Gasteiger partial charge in [0, 0.05) is 25.5 Å². The van der Waals surface area contributed by atoms with E-state index in [-0.39, 0.29) is 0 Å². The highest BCUT2D eigenvalue weighted by Crippen LogP contribution is 2.22. The van der Waals surface area contributed by atoms with Gasteiger partial charge in [0.05, 0.1) is 6.54 Å². The predicted octanol–water partition coefficient (Wildman–Crippen LogP) is 2.88. The van der Waals surface area contributed by atoms with Crippen LogP contribution in [-0.2, 0) is 0 Å². The Morgan fingerprint density at radius 2 is 2.13 bits per heavy atom. The average Bonchev–Trinajstić information content (AvgIpc) is 2.15. The molecule has 0 fully saturated rings. The highest BCUT2D eigenvalue weighted by atomic mass is 15.1. The SMILES string of the molecule is C/C=C1/C(C)=C(/C(C)C)C=NCCN1C. The van der Waals surface area contributed by atoms with Crippen LogP contribution >= 0.6 is 0 Å². The van der Waals surface area contributed by atoms with Gasteiger partial charge < -0.3 is 4.90 Å². The van der Waals surface area contributed by atoms with Crippen LogP contribution in [0.15, 0.2) is 27.9 Å². The number of rotatable bonds is 1. The molecule has 0 aromatic carbocycles. The lowest BCUT2D eigenvalue weighted by atomic mass is 9.96. The summed E-state index contributed by atoms with van der Waals surface area (Å²) in [5, 5.41) is 0. The summed E-state index contributed by atoms with van der Waals surface area (Å²) in [6.07, 6.45) is 4.24. The maximum Gasteiger partial charge on any atom is 0.0564 e. The first-order valence-electron chi connectivity index (χ1n) is 5.66. The number of likely N-dealkylation sites (N-methyl/N-ethyl adjacent to an activating group) is 1. The van der Waals surface area contributed by atoms with Crippen LogP contribution < -0.4 is 0 Å². The van der Waals surface area contributed by atoms with Crippen molar-refractivity contribution in [3.05, 3.63) is 22.9 Å². The van der Waals surface area contributed by atoms with Crippen molar-refractivity contribution < 1.29 is 0 Å². The number of hydrogen-bond acceptors (Lipinski definition) is 2.